The summed E-state index contributed by atoms with van der Waals surface area (Å²) in [5, 5.41) is 0. The van der Waals surface area contributed by atoms with Gasteiger partial charge in [0.25, 0.3) is 0 Å². The molecule has 1 unspecified atom stereocenters. The van der Waals surface area contributed by atoms with Crippen molar-refractivity contribution in [1.29, 1.82) is 0 Å². The number of hydrogen-bond donors (Lipinski definition) is 1. The van der Waals surface area contributed by atoms with Crippen LogP contribution in [0.3, 0.4) is 0 Å². The number of fused-ring (bicyclic) bond motifs is 8. The van der Waals surface area contributed by atoms with Gasteiger partial charge in [0, 0.05) is 11.6 Å². The summed E-state index contributed by atoms with van der Waals surface area (Å²) in [4.78, 5) is 15.6. The summed E-state index contributed by atoms with van der Waals surface area (Å²) < 4.78 is 0. The summed E-state index contributed by atoms with van der Waals surface area (Å²) in [5.41, 5.74) is 3.51. The summed E-state index contributed by atoms with van der Waals surface area (Å²) in [7, 11) is 0. The van der Waals surface area contributed by atoms with Crippen molar-refractivity contribution in [2.75, 3.05) is 0 Å². The molecule has 1 aromatic heterocycles. The fourth-order valence-electron chi connectivity index (χ4n) is 3.46. The molecular formula is C16H23NO. The van der Waals surface area contributed by atoms with Gasteiger partial charge in [0.15, 0.2) is 5.78 Å². The quantitative estimate of drug-likeness (QED) is 0.735. The number of hydrogen-bond acceptors (Lipinski definition) is 1. The molecule has 3 aliphatic rings. The Morgan fingerprint density at radius 2 is 1.72 bits per heavy atom. The number of Topliss-reactive ketones (excluding diaryl/α,β-unsaturated/α-hetero) is 1. The Bertz CT molecular complexity index is 432. The molecule has 0 radical (unpaired) electrons. The van der Waals surface area contributed by atoms with Crippen molar-refractivity contribution in [2.45, 2.75) is 64.2 Å². The number of aromatic amines is 1. The third kappa shape index (κ3) is 2.38. The third-order valence-electron chi connectivity index (χ3n) is 4.54. The van der Waals surface area contributed by atoms with Crippen LogP contribution < -0.4 is 0 Å². The van der Waals surface area contributed by atoms with Crippen LogP contribution in [0.15, 0.2) is 6.07 Å². The van der Waals surface area contributed by atoms with E-state index in [1.807, 2.05) is 0 Å². The normalized spacial score (nSPS) is 25.3. The number of carbonyl (C=O) groups excluding carboxylic acids is 1. The number of aromatic nitrogens is 1. The Balaban J connectivity index is 1.75. The van der Waals surface area contributed by atoms with E-state index in [1.54, 1.807) is 0 Å². The molecule has 4 rings (SSSR count). The molecule has 1 aliphatic heterocycles. The highest BCUT2D eigenvalue weighted by molar-refractivity contribution is 6.00. The zero-order chi connectivity index (χ0) is 12.4. The van der Waals surface area contributed by atoms with Crippen molar-refractivity contribution in [2.24, 2.45) is 5.92 Å². The number of carbonyl (C=O) groups is 1. The molecule has 2 heterocycles. The van der Waals surface area contributed by atoms with E-state index in [4.69, 9.17) is 0 Å². The van der Waals surface area contributed by atoms with Gasteiger partial charge in [-0.3, -0.25) is 4.79 Å². The van der Waals surface area contributed by atoms with E-state index >= 15 is 0 Å². The molecular weight excluding hydrogens is 222 g/mol. The lowest BCUT2D eigenvalue weighted by Gasteiger charge is -2.09. The monoisotopic (exact) mass is 245 g/mol. The minimum absolute atomic E-state index is 0.281. The Morgan fingerprint density at radius 3 is 2.50 bits per heavy atom. The lowest BCUT2D eigenvalue weighted by Crippen LogP contribution is -2.10. The van der Waals surface area contributed by atoms with Crippen LogP contribution in [0, 0.1) is 5.92 Å². The Morgan fingerprint density at radius 1 is 1.00 bits per heavy atom. The number of rotatable bonds is 0. The second kappa shape index (κ2) is 5.29. The van der Waals surface area contributed by atoms with Crippen molar-refractivity contribution < 1.29 is 4.79 Å². The van der Waals surface area contributed by atoms with E-state index in [1.165, 1.54) is 56.2 Å². The van der Waals surface area contributed by atoms with Gasteiger partial charge in [-0.25, -0.2) is 0 Å². The minimum Gasteiger partial charge on any atom is -0.356 e. The Kier molecular flexibility index (Phi) is 3.53. The van der Waals surface area contributed by atoms with Crippen LogP contribution >= 0.6 is 0 Å². The number of aryl methyl sites for hydroxylation is 1. The molecule has 2 aliphatic carbocycles. The molecule has 0 fully saturated rings. The zero-order valence-corrected chi connectivity index (χ0v) is 11.1. The fourth-order valence-corrected chi connectivity index (χ4v) is 3.46. The average molecular weight is 245 g/mol. The van der Waals surface area contributed by atoms with Crippen molar-refractivity contribution in [3.05, 3.63) is 23.0 Å². The van der Waals surface area contributed by atoms with Crippen LogP contribution in [-0.4, -0.2) is 10.8 Å². The second-order valence-corrected chi connectivity index (χ2v) is 5.97. The van der Waals surface area contributed by atoms with Gasteiger partial charge in [-0.15, -0.1) is 0 Å². The van der Waals surface area contributed by atoms with Gasteiger partial charge in [-0.2, -0.15) is 0 Å². The Labute approximate surface area is 109 Å². The topological polar surface area (TPSA) is 32.9 Å². The summed E-state index contributed by atoms with van der Waals surface area (Å²) in [5.74, 6) is 0.663. The van der Waals surface area contributed by atoms with E-state index in [2.05, 4.69) is 11.1 Å². The van der Waals surface area contributed by atoms with Gasteiger partial charge in [0.1, 0.15) is 0 Å². The average Bonchev–Trinajstić information content (AvgIpc) is 2.87. The van der Waals surface area contributed by atoms with Crippen molar-refractivity contribution >= 4 is 5.78 Å². The van der Waals surface area contributed by atoms with Gasteiger partial charge in [-0.1, -0.05) is 38.5 Å². The highest BCUT2D eigenvalue weighted by atomic mass is 16.1. The fraction of sp³-hybridized carbons (Fsp3) is 0.688. The Hall–Kier alpha value is -1.05. The van der Waals surface area contributed by atoms with Gasteiger partial charge < -0.3 is 4.98 Å². The van der Waals surface area contributed by atoms with Crippen LogP contribution in [0.2, 0.25) is 0 Å². The summed E-state index contributed by atoms with van der Waals surface area (Å²) in [6, 6.07) is 2.25. The van der Waals surface area contributed by atoms with Crippen LogP contribution in [0.4, 0.5) is 0 Å². The number of ketones is 1. The standard InChI is InChI=1S/C16H23NO/c18-16-12-8-6-4-2-1-3-5-7-9-14-11-13(10-12)15(16)17-14/h11-12,17H,1-10H2. The smallest absolute Gasteiger partial charge is 0.182 e. The van der Waals surface area contributed by atoms with E-state index in [0.29, 0.717) is 5.78 Å². The van der Waals surface area contributed by atoms with Gasteiger partial charge in [0.2, 0.25) is 0 Å². The van der Waals surface area contributed by atoms with Crippen LogP contribution in [-0.2, 0) is 12.8 Å². The maximum atomic E-state index is 12.3. The first-order chi connectivity index (χ1) is 8.84. The zero-order valence-electron chi connectivity index (χ0n) is 11.1. The molecule has 4 bridgehead atoms. The first kappa shape index (κ1) is 12.0. The molecule has 1 aromatic rings. The number of nitrogens with one attached hydrogen (secondary N) is 1. The second-order valence-electron chi connectivity index (χ2n) is 5.97. The van der Waals surface area contributed by atoms with Crippen LogP contribution in [0.1, 0.15) is 73.1 Å². The largest absolute Gasteiger partial charge is 0.356 e. The van der Waals surface area contributed by atoms with Crippen molar-refractivity contribution in [1.82, 2.24) is 4.98 Å². The lowest BCUT2D eigenvalue weighted by atomic mass is 9.96. The molecule has 0 aromatic carbocycles. The predicted octanol–water partition coefficient (Wildman–Crippen LogP) is 4.05. The summed E-state index contributed by atoms with van der Waals surface area (Å²) in [6.45, 7) is 0. The van der Waals surface area contributed by atoms with Crippen molar-refractivity contribution in [3.8, 4) is 0 Å². The first-order valence-electron chi connectivity index (χ1n) is 7.59. The van der Waals surface area contributed by atoms with E-state index < -0.39 is 0 Å². The molecule has 1 N–H and O–H groups in total. The molecule has 98 valence electrons. The van der Waals surface area contributed by atoms with Crippen LogP contribution in [0.5, 0.6) is 0 Å². The summed E-state index contributed by atoms with van der Waals surface area (Å²) >= 11 is 0. The molecule has 2 heteroatoms. The molecule has 0 amide bonds. The van der Waals surface area contributed by atoms with Crippen molar-refractivity contribution in [3.63, 3.8) is 0 Å². The highest BCUT2D eigenvalue weighted by Crippen LogP contribution is 2.31. The predicted molar refractivity (Wildman–Crippen MR) is 73.0 cm³/mol. The molecule has 1 atom stereocenters. The third-order valence-corrected chi connectivity index (χ3v) is 4.54. The van der Waals surface area contributed by atoms with Gasteiger partial charge in [0.05, 0.1) is 5.69 Å². The molecule has 0 saturated carbocycles. The van der Waals surface area contributed by atoms with Gasteiger partial charge >= 0.3 is 0 Å². The summed E-state index contributed by atoms with van der Waals surface area (Å²) in [6.07, 6.45) is 12.4. The minimum atomic E-state index is 0.281. The van der Waals surface area contributed by atoms with Gasteiger partial charge in [-0.05, 0) is 37.3 Å². The SMILES string of the molecule is O=C1c2[nH]c3cc2CC1CCCCCCCCC3. The van der Waals surface area contributed by atoms with E-state index in [9.17, 15) is 4.79 Å². The molecule has 2 nitrogen and oxygen atoms in total. The number of H-pyrrole nitrogens is 1. The maximum absolute atomic E-state index is 12.3. The molecule has 0 saturated heterocycles. The highest BCUT2D eigenvalue weighted by Gasteiger charge is 2.31. The van der Waals surface area contributed by atoms with E-state index in [-0.39, 0.29) is 5.92 Å². The van der Waals surface area contributed by atoms with E-state index in [0.717, 1.165) is 25.0 Å². The lowest BCUT2D eigenvalue weighted by molar-refractivity contribution is 0.0924. The maximum Gasteiger partial charge on any atom is 0.182 e. The molecule has 18 heavy (non-hydrogen) atoms. The molecule has 0 spiro atoms. The van der Waals surface area contributed by atoms with Crippen LogP contribution in [0.25, 0.3) is 0 Å². The first-order valence-corrected chi connectivity index (χ1v) is 7.59.